The predicted octanol–water partition coefficient (Wildman–Crippen LogP) is 20.8. The molecule has 6 nitrogen and oxygen atoms in total. The monoisotopic (exact) mass is 993 g/mol. The molecule has 0 saturated carbocycles. The first-order chi connectivity index (χ1) is 35.0. The molecule has 0 N–H and O–H groups in total. The maximum atomic E-state index is 12.9. The minimum absolute atomic E-state index is 0.0814. The number of carbonyl (C=O) groups is 3. The van der Waals surface area contributed by atoms with E-state index in [1.165, 1.54) is 180 Å². The summed E-state index contributed by atoms with van der Waals surface area (Å²) in [6.07, 6.45) is 75.0. The zero-order valence-corrected chi connectivity index (χ0v) is 47.2. The van der Waals surface area contributed by atoms with Gasteiger partial charge in [-0.1, -0.05) is 248 Å². The fourth-order valence-electron chi connectivity index (χ4n) is 8.79. The Morgan fingerprint density at radius 3 is 0.817 bits per heavy atom. The third kappa shape index (κ3) is 57.9. The van der Waals surface area contributed by atoms with Crippen molar-refractivity contribution >= 4 is 17.9 Å². The van der Waals surface area contributed by atoms with Crippen LogP contribution >= 0.6 is 0 Å². The van der Waals surface area contributed by atoms with Crippen LogP contribution in [0.1, 0.15) is 316 Å². The van der Waals surface area contributed by atoms with Gasteiger partial charge in [-0.15, -0.1) is 0 Å². The molecule has 0 saturated heterocycles. The van der Waals surface area contributed by atoms with Crippen LogP contribution in [0.2, 0.25) is 0 Å². The van der Waals surface area contributed by atoms with Crippen molar-refractivity contribution in [2.75, 3.05) is 13.2 Å². The van der Waals surface area contributed by atoms with Crippen LogP contribution in [0.3, 0.4) is 0 Å². The second-order valence-electron chi connectivity index (χ2n) is 20.6. The quantitative estimate of drug-likeness (QED) is 0.0261. The van der Waals surface area contributed by atoms with Gasteiger partial charge in [-0.3, -0.25) is 14.4 Å². The summed E-state index contributed by atoms with van der Waals surface area (Å²) in [5.41, 5.74) is 0. The molecule has 6 heteroatoms. The normalized spacial score (nSPS) is 12.4. The molecule has 0 aromatic rings. The number of unbranched alkanes of at least 4 members (excludes halogenated alkanes) is 35. The largest absolute Gasteiger partial charge is 0.462 e. The van der Waals surface area contributed by atoms with Gasteiger partial charge in [-0.2, -0.15) is 0 Å². The van der Waals surface area contributed by atoms with E-state index < -0.39 is 6.10 Å². The number of hydrogen-bond acceptors (Lipinski definition) is 6. The number of allylic oxidation sites excluding steroid dienone is 10. The average molecular weight is 994 g/mol. The van der Waals surface area contributed by atoms with Crippen molar-refractivity contribution in [1.29, 1.82) is 0 Å². The van der Waals surface area contributed by atoms with E-state index in [4.69, 9.17) is 14.2 Å². The molecule has 0 aliphatic heterocycles. The maximum absolute atomic E-state index is 12.9. The topological polar surface area (TPSA) is 78.9 Å². The number of esters is 3. The first-order valence-corrected chi connectivity index (χ1v) is 30.8. The lowest BCUT2D eigenvalue weighted by Gasteiger charge is -2.18. The van der Waals surface area contributed by atoms with Crippen molar-refractivity contribution in [2.24, 2.45) is 0 Å². The summed E-state index contributed by atoms with van der Waals surface area (Å²) in [5, 5.41) is 0. The second kappa shape index (κ2) is 59.7. The van der Waals surface area contributed by atoms with E-state index in [9.17, 15) is 14.4 Å². The first kappa shape index (κ1) is 68.1. The van der Waals surface area contributed by atoms with Gasteiger partial charge < -0.3 is 14.2 Å². The lowest BCUT2D eigenvalue weighted by atomic mass is 10.0. The van der Waals surface area contributed by atoms with Crippen molar-refractivity contribution in [2.45, 2.75) is 322 Å². The molecular weight excluding hydrogens is 877 g/mol. The molecule has 0 fully saturated rings. The van der Waals surface area contributed by atoms with Gasteiger partial charge in [0.15, 0.2) is 6.10 Å². The van der Waals surface area contributed by atoms with Crippen molar-refractivity contribution < 1.29 is 28.6 Å². The van der Waals surface area contributed by atoms with Gasteiger partial charge in [0.05, 0.1) is 0 Å². The summed E-state index contributed by atoms with van der Waals surface area (Å²) >= 11 is 0. The van der Waals surface area contributed by atoms with Crippen LogP contribution in [0.15, 0.2) is 60.8 Å². The molecule has 0 spiro atoms. The van der Waals surface area contributed by atoms with E-state index >= 15 is 0 Å². The second-order valence-corrected chi connectivity index (χ2v) is 20.6. The van der Waals surface area contributed by atoms with Crippen LogP contribution in [-0.4, -0.2) is 37.2 Å². The lowest BCUT2D eigenvalue weighted by Crippen LogP contribution is -2.30. The average Bonchev–Trinajstić information content (AvgIpc) is 3.37. The molecule has 0 aromatic carbocycles. The van der Waals surface area contributed by atoms with Gasteiger partial charge in [0.25, 0.3) is 0 Å². The minimum atomic E-state index is -0.785. The van der Waals surface area contributed by atoms with Crippen LogP contribution in [-0.2, 0) is 28.6 Å². The molecule has 0 unspecified atom stereocenters. The van der Waals surface area contributed by atoms with E-state index in [-0.39, 0.29) is 31.1 Å². The van der Waals surface area contributed by atoms with Crippen molar-refractivity contribution in [3.8, 4) is 0 Å². The zero-order chi connectivity index (χ0) is 51.4. The smallest absolute Gasteiger partial charge is 0.306 e. The Bertz CT molecular complexity index is 1280. The highest BCUT2D eigenvalue weighted by Crippen LogP contribution is 2.16. The third-order valence-electron chi connectivity index (χ3n) is 13.5. The number of rotatable bonds is 56. The van der Waals surface area contributed by atoms with Gasteiger partial charge in [0, 0.05) is 19.3 Å². The lowest BCUT2D eigenvalue weighted by molar-refractivity contribution is -0.167. The highest BCUT2D eigenvalue weighted by Gasteiger charge is 2.19. The molecule has 0 amide bonds. The Morgan fingerprint density at radius 1 is 0.282 bits per heavy atom. The Hall–Kier alpha value is -2.89. The van der Waals surface area contributed by atoms with E-state index in [0.717, 1.165) is 96.3 Å². The van der Waals surface area contributed by atoms with E-state index in [0.29, 0.717) is 19.3 Å². The van der Waals surface area contributed by atoms with Gasteiger partial charge in [0.2, 0.25) is 0 Å². The van der Waals surface area contributed by atoms with Crippen LogP contribution < -0.4 is 0 Å². The molecule has 1 atom stereocenters. The molecule has 0 bridgehead atoms. The third-order valence-corrected chi connectivity index (χ3v) is 13.5. The summed E-state index contributed by atoms with van der Waals surface area (Å²) < 4.78 is 16.9. The summed E-state index contributed by atoms with van der Waals surface area (Å²) in [6, 6.07) is 0. The Balaban J connectivity index is 4.35. The molecule has 71 heavy (non-hydrogen) atoms. The van der Waals surface area contributed by atoms with Crippen LogP contribution in [0.25, 0.3) is 0 Å². The fourth-order valence-corrected chi connectivity index (χ4v) is 8.79. The first-order valence-electron chi connectivity index (χ1n) is 30.8. The summed E-state index contributed by atoms with van der Waals surface area (Å²) in [7, 11) is 0. The van der Waals surface area contributed by atoms with Crippen LogP contribution in [0.4, 0.5) is 0 Å². The molecule has 0 aromatic heterocycles. The van der Waals surface area contributed by atoms with Gasteiger partial charge >= 0.3 is 17.9 Å². The highest BCUT2D eigenvalue weighted by molar-refractivity contribution is 5.71. The van der Waals surface area contributed by atoms with Crippen molar-refractivity contribution in [3.05, 3.63) is 60.8 Å². The Morgan fingerprint density at radius 2 is 0.507 bits per heavy atom. The van der Waals surface area contributed by atoms with E-state index in [1.54, 1.807) is 0 Å². The van der Waals surface area contributed by atoms with Gasteiger partial charge in [-0.25, -0.2) is 0 Å². The molecule has 412 valence electrons. The van der Waals surface area contributed by atoms with E-state index in [2.05, 4.69) is 81.5 Å². The molecule has 0 aliphatic carbocycles. The fraction of sp³-hybridized carbons (Fsp3) is 0.800. The van der Waals surface area contributed by atoms with Crippen molar-refractivity contribution in [1.82, 2.24) is 0 Å². The molecular formula is C65H116O6. The van der Waals surface area contributed by atoms with Crippen LogP contribution in [0, 0.1) is 0 Å². The molecule has 0 aliphatic rings. The van der Waals surface area contributed by atoms with Crippen molar-refractivity contribution in [3.63, 3.8) is 0 Å². The standard InChI is InChI=1S/C65H116O6/c1-4-7-10-13-16-19-22-25-28-30-31-32-33-35-38-40-43-46-49-52-55-58-64(67)70-61-62(71-65(68)59-56-53-50-47-44-41-36-27-24-21-18-15-12-9-6-3)60-69-63(66)57-54-51-48-45-42-39-37-34-29-26-23-20-17-14-11-8-5-2/h17-18,20-21,25-29,36,62H,4-16,19,22-24,30-35,37-61H2,1-3H3/b20-17-,21-18-,28-25-,29-26-,36-27-/t62-/m1/s1. The predicted molar refractivity (Wildman–Crippen MR) is 307 cm³/mol. The summed E-state index contributed by atoms with van der Waals surface area (Å²) in [4.78, 5) is 38.2. The SMILES string of the molecule is CCCCC/C=C\C/C=C\CCCCCCCCCC(=O)OC[C@H](COC(=O)CCCCCCCCCCCCC/C=C\CCCCCCCC)OC(=O)CCCCCCC/C=C\C/C=C\CCCCC. The zero-order valence-electron chi connectivity index (χ0n) is 47.2. The Kier molecular flexibility index (Phi) is 57.2. The van der Waals surface area contributed by atoms with E-state index in [1.807, 2.05) is 0 Å². The molecule has 0 rings (SSSR count). The summed E-state index contributed by atoms with van der Waals surface area (Å²) in [6.45, 7) is 6.60. The number of carbonyl (C=O) groups excluding carboxylic acids is 3. The number of hydrogen-bond donors (Lipinski definition) is 0. The molecule has 0 heterocycles. The minimum Gasteiger partial charge on any atom is -0.462 e. The molecule has 0 radical (unpaired) electrons. The highest BCUT2D eigenvalue weighted by atomic mass is 16.6. The van der Waals surface area contributed by atoms with Crippen LogP contribution in [0.5, 0.6) is 0 Å². The van der Waals surface area contributed by atoms with Gasteiger partial charge in [0.1, 0.15) is 13.2 Å². The Labute approximate surface area is 440 Å². The van der Waals surface area contributed by atoms with Gasteiger partial charge in [-0.05, 0) is 109 Å². The summed E-state index contributed by atoms with van der Waals surface area (Å²) in [5.74, 6) is -0.890. The number of ether oxygens (including phenoxy) is 3. The maximum Gasteiger partial charge on any atom is 0.306 e.